The van der Waals surface area contributed by atoms with Crippen LogP contribution in [0, 0.1) is 0 Å². The van der Waals surface area contributed by atoms with Gasteiger partial charge in [0.15, 0.2) is 0 Å². The molecule has 1 atom stereocenters. The highest BCUT2D eigenvalue weighted by atomic mass is 15.3. The molecule has 1 rings (SSSR count). The van der Waals surface area contributed by atoms with Gasteiger partial charge in [0.25, 0.3) is 0 Å². The van der Waals surface area contributed by atoms with Crippen molar-refractivity contribution < 1.29 is 0 Å². The van der Waals surface area contributed by atoms with E-state index in [4.69, 9.17) is 0 Å². The smallest absolute Gasteiger partial charge is 0.0235 e. The summed E-state index contributed by atoms with van der Waals surface area (Å²) in [6, 6.07) is 0.806. The van der Waals surface area contributed by atoms with Crippen molar-refractivity contribution in [2.45, 2.75) is 46.1 Å². The van der Waals surface area contributed by atoms with E-state index in [-0.39, 0.29) is 0 Å². The van der Waals surface area contributed by atoms with Gasteiger partial charge in [-0.1, -0.05) is 27.2 Å². The lowest BCUT2D eigenvalue weighted by Crippen LogP contribution is -2.38. The normalized spacial score (nSPS) is 21.5. The van der Waals surface area contributed by atoms with E-state index in [0.717, 1.165) is 12.6 Å². The number of nitrogens with zero attached hydrogens (tertiary/aromatic N) is 2. The Morgan fingerprint density at radius 2 is 1.94 bits per heavy atom. The van der Waals surface area contributed by atoms with Gasteiger partial charge in [-0.3, -0.25) is 4.90 Å². The van der Waals surface area contributed by atoms with Crippen molar-refractivity contribution >= 4 is 0 Å². The van der Waals surface area contributed by atoms with Crippen molar-refractivity contribution in [3.63, 3.8) is 0 Å². The van der Waals surface area contributed by atoms with Crippen LogP contribution in [0.4, 0.5) is 0 Å². The van der Waals surface area contributed by atoms with Crippen LogP contribution in [-0.4, -0.2) is 61.7 Å². The highest BCUT2D eigenvalue weighted by Gasteiger charge is 2.25. The van der Waals surface area contributed by atoms with Crippen molar-refractivity contribution in [2.24, 2.45) is 0 Å². The van der Waals surface area contributed by atoms with Gasteiger partial charge in [0.2, 0.25) is 0 Å². The maximum absolute atomic E-state index is 3.53. The summed E-state index contributed by atoms with van der Waals surface area (Å²) in [7, 11) is 0. The molecule has 1 heterocycles. The molecule has 0 spiro atoms. The summed E-state index contributed by atoms with van der Waals surface area (Å²) in [5, 5.41) is 3.53. The minimum Gasteiger partial charge on any atom is -0.315 e. The fourth-order valence-electron chi connectivity index (χ4n) is 2.72. The van der Waals surface area contributed by atoms with Gasteiger partial charge in [0, 0.05) is 25.7 Å². The fraction of sp³-hybridized carbons (Fsp3) is 1.00. The summed E-state index contributed by atoms with van der Waals surface area (Å²) < 4.78 is 0. The Bertz CT molecular complexity index is 180. The van der Waals surface area contributed by atoms with E-state index in [1.165, 1.54) is 58.5 Å². The van der Waals surface area contributed by atoms with E-state index in [2.05, 4.69) is 35.9 Å². The van der Waals surface area contributed by atoms with Gasteiger partial charge in [-0.2, -0.15) is 0 Å². The van der Waals surface area contributed by atoms with Crippen molar-refractivity contribution in [3.05, 3.63) is 0 Å². The van der Waals surface area contributed by atoms with Crippen molar-refractivity contribution in [3.8, 4) is 0 Å². The van der Waals surface area contributed by atoms with E-state index in [9.17, 15) is 0 Å². The maximum atomic E-state index is 3.53. The van der Waals surface area contributed by atoms with Crippen LogP contribution in [0.25, 0.3) is 0 Å². The van der Waals surface area contributed by atoms with Gasteiger partial charge in [-0.15, -0.1) is 0 Å². The zero-order valence-corrected chi connectivity index (χ0v) is 12.0. The molecular formula is C14H31N3. The lowest BCUT2D eigenvalue weighted by atomic mass is 10.2. The molecule has 1 saturated heterocycles. The van der Waals surface area contributed by atoms with Gasteiger partial charge in [-0.25, -0.2) is 0 Å². The summed E-state index contributed by atoms with van der Waals surface area (Å²) in [6.45, 7) is 15.3. The topological polar surface area (TPSA) is 18.5 Å². The van der Waals surface area contributed by atoms with Crippen LogP contribution in [-0.2, 0) is 0 Å². The Morgan fingerprint density at radius 1 is 1.18 bits per heavy atom. The lowest BCUT2D eigenvalue weighted by Gasteiger charge is -2.26. The molecule has 0 aromatic carbocycles. The summed E-state index contributed by atoms with van der Waals surface area (Å²) in [4.78, 5) is 5.21. The third-order valence-electron chi connectivity index (χ3n) is 3.89. The molecule has 1 N–H and O–H groups in total. The Kier molecular flexibility index (Phi) is 7.82. The molecule has 1 unspecified atom stereocenters. The summed E-state index contributed by atoms with van der Waals surface area (Å²) >= 11 is 0. The summed E-state index contributed by atoms with van der Waals surface area (Å²) in [5.74, 6) is 0. The van der Waals surface area contributed by atoms with Crippen LogP contribution in [0.1, 0.15) is 40.0 Å². The Labute approximate surface area is 108 Å². The predicted octanol–water partition coefficient (Wildman–Crippen LogP) is 1.79. The van der Waals surface area contributed by atoms with Crippen LogP contribution >= 0.6 is 0 Å². The number of likely N-dealkylation sites (N-methyl/N-ethyl adjacent to an activating group) is 1. The zero-order valence-electron chi connectivity index (χ0n) is 12.0. The minimum atomic E-state index is 0.806. The zero-order chi connectivity index (χ0) is 12.5. The average molecular weight is 241 g/mol. The largest absolute Gasteiger partial charge is 0.315 e. The Hall–Kier alpha value is -0.120. The first-order valence-corrected chi connectivity index (χ1v) is 7.48. The Balaban J connectivity index is 2.09. The lowest BCUT2D eigenvalue weighted by molar-refractivity contribution is 0.211. The molecule has 0 aromatic rings. The second kappa shape index (κ2) is 8.90. The third kappa shape index (κ3) is 5.36. The Morgan fingerprint density at radius 3 is 2.59 bits per heavy atom. The molecule has 0 amide bonds. The highest BCUT2D eigenvalue weighted by Crippen LogP contribution is 2.14. The number of hydrogen-bond acceptors (Lipinski definition) is 3. The van der Waals surface area contributed by atoms with Crippen molar-refractivity contribution in [2.75, 3.05) is 45.8 Å². The van der Waals surface area contributed by atoms with Gasteiger partial charge in [0.1, 0.15) is 0 Å². The van der Waals surface area contributed by atoms with E-state index in [1.807, 2.05) is 0 Å². The molecule has 0 aliphatic carbocycles. The molecule has 17 heavy (non-hydrogen) atoms. The van der Waals surface area contributed by atoms with Gasteiger partial charge in [0.05, 0.1) is 0 Å². The molecule has 0 radical (unpaired) electrons. The van der Waals surface area contributed by atoms with Gasteiger partial charge in [-0.05, 0) is 39.0 Å². The van der Waals surface area contributed by atoms with Crippen molar-refractivity contribution in [1.82, 2.24) is 15.1 Å². The van der Waals surface area contributed by atoms with Crippen LogP contribution < -0.4 is 5.32 Å². The predicted molar refractivity (Wildman–Crippen MR) is 75.5 cm³/mol. The molecule has 102 valence electrons. The van der Waals surface area contributed by atoms with E-state index in [0.29, 0.717) is 0 Å². The van der Waals surface area contributed by atoms with E-state index in [1.54, 1.807) is 0 Å². The number of unbranched alkanes of at least 4 members (excludes halogenated alkanes) is 1. The quantitative estimate of drug-likeness (QED) is 0.621. The SMILES string of the molecule is CCCCNCCN1CCC(N(CC)CC)C1. The monoisotopic (exact) mass is 241 g/mol. The number of nitrogens with one attached hydrogen (secondary N) is 1. The van der Waals surface area contributed by atoms with Crippen molar-refractivity contribution in [1.29, 1.82) is 0 Å². The number of hydrogen-bond donors (Lipinski definition) is 1. The third-order valence-corrected chi connectivity index (χ3v) is 3.89. The van der Waals surface area contributed by atoms with Gasteiger partial charge >= 0.3 is 0 Å². The molecule has 3 nitrogen and oxygen atoms in total. The standard InChI is InChI=1S/C14H31N3/c1-4-7-9-15-10-12-16-11-8-14(13-16)17(5-2)6-3/h14-15H,4-13H2,1-3H3. The van der Waals surface area contributed by atoms with Crippen LogP contribution in [0.2, 0.25) is 0 Å². The molecule has 1 aliphatic heterocycles. The molecule has 0 bridgehead atoms. The second-order valence-corrected chi connectivity index (χ2v) is 5.07. The summed E-state index contributed by atoms with van der Waals surface area (Å²) in [5.41, 5.74) is 0. The van der Waals surface area contributed by atoms with Gasteiger partial charge < -0.3 is 10.2 Å². The first-order chi connectivity index (χ1) is 8.31. The first-order valence-electron chi connectivity index (χ1n) is 7.48. The minimum absolute atomic E-state index is 0.806. The average Bonchev–Trinajstić information content (AvgIpc) is 2.79. The summed E-state index contributed by atoms with van der Waals surface area (Å²) in [6.07, 6.45) is 3.96. The first kappa shape index (κ1) is 14.9. The number of rotatable bonds is 9. The molecular weight excluding hydrogens is 210 g/mol. The van der Waals surface area contributed by atoms with Crippen LogP contribution in [0.3, 0.4) is 0 Å². The molecule has 0 aromatic heterocycles. The molecule has 3 heteroatoms. The maximum Gasteiger partial charge on any atom is 0.0235 e. The van der Waals surface area contributed by atoms with E-state index < -0.39 is 0 Å². The van der Waals surface area contributed by atoms with Crippen LogP contribution in [0.15, 0.2) is 0 Å². The molecule has 1 aliphatic rings. The molecule has 0 saturated carbocycles. The van der Waals surface area contributed by atoms with Crippen LogP contribution in [0.5, 0.6) is 0 Å². The molecule has 1 fully saturated rings. The second-order valence-electron chi connectivity index (χ2n) is 5.07. The number of likely N-dealkylation sites (tertiary alicyclic amines) is 1. The van der Waals surface area contributed by atoms with E-state index >= 15 is 0 Å². The highest BCUT2D eigenvalue weighted by molar-refractivity contribution is 4.82. The fourth-order valence-corrected chi connectivity index (χ4v) is 2.72.